The van der Waals surface area contributed by atoms with Crippen LogP contribution < -0.4 is 5.32 Å². The van der Waals surface area contributed by atoms with E-state index in [1.54, 1.807) is 7.11 Å². The van der Waals surface area contributed by atoms with Gasteiger partial charge in [0.1, 0.15) is 0 Å². The summed E-state index contributed by atoms with van der Waals surface area (Å²) in [5.41, 5.74) is 0. The molecule has 0 radical (unpaired) electrons. The Morgan fingerprint density at radius 1 is 1.45 bits per heavy atom. The molecule has 3 heteroatoms. The molecule has 0 aliphatic rings. The molecule has 0 heterocycles. The second kappa shape index (κ2) is 6.58. The van der Waals surface area contributed by atoms with Crippen LogP contribution in [0.5, 0.6) is 0 Å². The van der Waals surface area contributed by atoms with Crippen LogP contribution in [0.15, 0.2) is 0 Å². The van der Waals surface area contributed by atoms with Gasteiger partial charge in [0.2, 0.25) is 0 Å². The van der Waals surface area contributed by atoms with E-state index in [9.17, 15) is 0 Å². The predicted molar refractivity (Wildman–Crippen MR) is 47.9 cm³/mol. The van der Waals surface area contributed by atoms with E-state index in [-0.39, 0.29) is 0 Å². The predicted octanol–water partition coefficient (Wildman–Crippen LogP) is 0.173. The number of hydrogen-bond acceptors (Lipinski definition) is 3. The Morgan fingerprint density at radius 2 is 2.09 bits per heavy atom. The third-order valence-electron chi connectivity index (χ3n) is 1.57. The smallest absolute Gasteiger partial charge is 0.0667 e. The highest BCUT2D eigenvalue weighted by atomic mass is 16.5. The Hall–Kier alpha value is -0.120. The Kier molecular flexibility index (Phi) is 6.51. The second-order valence-corrected chi connectivity index (χ2v) is 3.05. The highest BCUT2D eigenvalue weighted by molar-refractivity contribution is 4.55. The van der Waals surface area contributed by atoms with Gasteiger partial charge in [0, 0.05) is 26.7 Å². The molecule has 0 rings (SSSR count). The summed E-state index contributed by atoms with van der Waals surface area (Å²) in [6.07, 6.45) is 0.317. The zero-order chi connectivity index (χ0) is 8.69. The van der Waals surface area contributed by atoms with Crippen LogP contribution in [-0.4, -0.2) is 51.8 Å². The first kappa shape index (κ1) is 10.9. The van der Waals surface area contributed by atoms with Gasteiger partial charge in [0.15, 0.2) is 0 Å². The number of rotatable bonds is 6. The minimum Gasteiger partial charge on any atom is -0.380 e. The highest BCUT2D eigenvalue weighted by Crippen LogP contribution is 1.82. The van der Waals surface area contributed by atoms with Crippen molar-refractivity contribution in [1.82, 2.24) is 10.2 Å². The van der Waals surface area contributed by atoms with Crippen molar-refractivity contribution in [3.05, 3.63) is 0 Å². The van der Waals surface area contributed by atoms with Gasteiger partial charge in [-0.2, -0.15) is 0 Å². The lowest BCUT2D eigenvalue weighted by molar-refractivity contribution is 0.117. The monoisotopic (exact) mass is 160 g/mol. The van der Waals surface area contributed by atoms with E-state index in [4.69, 9.17) is 4.74 Å². The van der Waals surface area contributed by atoms with Crippen LogP contribution in [-0.2, 0) is 4.74 Å². The summed E-state index contributed by atoms with van der Waals surface area (Å²) >= 11 is 0. The molecule has 0 bridgehead atoms. The van der Waals surface area contributed by atoms with Crippen molar-refractivity contribution in [3.8, 4) is 0 Å². The second-order valence-electron chi connectivity index (χ2n) is 3.05. The van der Waals surface area contributed by atoms with Gasteiger partial charge in [0.05, 0.1) is 6.10 Å². The molecule has 0 aromatic carbocycles. The van der Waals surface area contributed by atoms with Gasteiger partial charge in [-0.25, -0.2) is 0 Å². The lowest BCUT2D eigenvalue weighted by Gasteiger charge is -2.13. The van der Waals surface area contributed by atoms with E-state index in [1.807, 2.05) is 0 Å². The third-order valence-corrected chi connectivity index (χ3v) is 1.57. The van der Waals surface area contributed by atoms with E-state index in [0.717, 1.165) is 19.6 Å². The molecule has 68 valence electrons. The maximum absolute atomic E-state index is 5.08. The molecule has 0 aromatic rings. The summed E-state index contributed by atoms with van der Waals surface area (Å²) in [7, 11) is 5.88. The topological polar surface area (TPSA) is 24.5 Å². The van der Waals surface area contributed by atoms with Gasteiger partial charge >= 0.3 is 0 Å². The summed E-state index contributed by atoms with van der Waals surface area (Å²) in [4.78, 5) is 2.16. The SMILES string of the molecule is COC(C)CNCCN(C)C. The normalized spacial score (nSPS) is 13.9. The third kappa shape index (κ3) is 7.78. The molecule has 0 saturated carbocycles. The number of hydrogen-bond donors (Lipinski definition) is 1. The molecule has 0 aliphatic heterocycles. The number of likely N-dealkylation sites (N-methyl/N-ethyl adjacent to an activating group) is 1. The molecule has 3 nitrogen and oxygen atoms in total. The summed E-state index contributed by atoms with van der Waals surface area (Å²) in [6, 6.07) is 0. The minimum absolute atomic E-state index is 0.317. The van der Waals surface area contributed by atoms with Gasteiger partial charge in [0.25, 0.3) is 0 Å². The fourth-order valence-corrected chi connectivity index (χ4v) is 0.691. The number of ether oxygens (including phenoxy) is 1. The first-order chi connectivity index (χ1) is 5.16. The maximum atomic E-state index is 5.08. The highest BCUT2D eigenvalue weighted by Gasteiger charge is 1.96. The quantitative estimate of drug-likeness (QED) is 0.561. The molecule has 1 atom stereocenters. The summed E-state index contributed by atoms with van der Waals surface area (Å²) in [6.45, 7) is 5.10. The van der Waals surface area contributed by atoms with Crippen LogP contribution in [0.4, 0.5) is 0 Å². The van der Waals surface area contributed by atoms with E-state index in [1.165, 1.54) is 0 Å². The van der Waals surface area contributed by atoms with Gasteiger partial charge in [-0.15, -0.1) is 0 Å². The van der Waals surface area contributed by atoms with E-state index >= 15 is 0 Å². The zero-order valence-electron chi connectivity index (χ0n) is 8.05. The van der Waals surface area contributed by atoms with E-state index in [0.29, 0.717) is 6.10 Å². The lowest BCUT2D eigenvalue weighted by Crippen LogP contribution is -2.32. The fourth-order valence-electron chi connectivity index (χ4n) is 0.691. The number of nitrogens with zero attached hydrogens (tertiary/aromatic N) is 1. The van der Waals surface area contributed by atoms with Crippen LogP contribution in [0.25, 0.3) is 0 Å². The van der Waals surface area contributed by atoms with Gasteiger partial charge in [-0.1, -0.05) is 0 Å². The van der Waals surface area contributed by atoms with E-state index in [2.05, 4.69) is 31.2 Å². The standard InChI is InChI=1S/C8H20N2O/c1-8(11-4)7-9-5-6-10(2)3/h8-9H,5-7H2,1-4H3. The molecule has 0 fully saturated rings. The number of nitrogens with one attached hydrogen (secondary N) is 1. The van der Waals surface area contributed by atoms with Crippen molar-refractivity contribution < 1.29 is 4.74 Å². The Bertz CT molecular complexity index is 86.2. The molecule has 0 aromatic heterocycles. The average molecular weight is 160 g/mol. The number of methoxy groups -OCH3 is 1. The van der Waals surface area contributed by atoms with Crippen molar-refractivity contribution in [2.24, 2.45) is 0 Å². The molecule has 0 spiro atoms. The van der Waals surface area contributed by atoms with Gasteiger partial charge in [-0.3, -0.25) is 0 Å². The van der Waals surface area contributed by atoms with Crippen molar-refractivity contribution in [1.29, 1.82) is 0 Å². The van der Waals surface area contributed by atoms with Crippen LogP contribution in [0.2, 0.25) is 0 Å². The van der Waals surface area contributed by atoms with Gasteiger partial charge < -0.3 is 15.0 Å². The first-order valence-corrected chi connectivity index (χ1v) is 4.05. The minimum atomic E-state index is 0.317. The van der Waals surface area contributed by atoms with Gasteiger partial charge in [-0.05, 0) is 21.0 Å². The van der Waals surface area contributed by atoms with Crippen LogP contribution in [0, 0.1) is 0 Å². The lowest BCUT2D eigenvalue weighted by atomic mass is 10.4. The summed E-state index contributed by atoms with van der Waals surface area (Å²) < 4.78 is 5.08. The molecule has 11 heavy (non-hydrogen) atoms. The molecular weight excluding hydrogens is 140 g/mol. The van der Waals surface area contributed by atoms with E-state index < -0.39 is 0 Å². The summed E-state index contributed by atoms with van der Waals surface area (Å²) in [5, 5.41) is 3.30. The zero-order valence-corrected chi connectivity index (χ0v) is 8.05. The Morgan fingerprint density at radius 3 is 2.55 bits per heavy atom. The van der Waals surface area contributed by atoms with Crippen molar-refractivity contribution in [2.45, 2.75) is 13.0 Å². The molecule has 0 amide bonds. The molecule has 1 N–H and O–H groups in total. The maximum Gasteiger partial charge on any atom is 0.0667 e. The molecule has 0 aliphatic carbocycles. The van der Waals surface area contributed by atoms with Crippen LogP contribution in [0.1, 0.15) is 6.92 Å². The largest absolute Gasteiger partial charge is 0.380 e. The summed E-state index contributed by atoms with van der Waals surface area (Å²) in [5.74, 6) is 0. The molecular formula is C8H20N2O. The van der Waals surface area contributed by atoms with Crippen molar-refractivity contribution in [3.63, 3.8) is 0 Å². The van der Waals surface area contributed by atoms with Crippen molar-refractivity contribution in [2.75, 3.05) is 40.8 Å². The first-order valence-electron chi connectivity index (χ1n) is 4.05. The van der Waals surface area contributed by atoms with Crippen molar-refractivity contribution >= 4 is 0 Å². The molecule has 1 unspecified atom stereocenters. The Balaban J connectivity index is 3.01. The fraction of sp³-hybridized carbons (Fsp3) is 1.00. The Labute approximate surface area is 69.7 Å². The molecule has 0 saturated heterocycles. The van der Waals surface area contributed by atoms with Crippen LogP contribution in [0.3, 0.4) is 0 Å². The average Bonchev–Trinajstić information content (AvgIpc) is 1.97. The van der Waals surface area contributed by atoms with Crippen LogP contribution >= 0.6 is 0 Å².